The highest BCUT2D eigenvalue weighted by Crippen LogP contribution is 2.22. The summed E-state index contributed by atoms with van der Waals surface area (Å²) in [6, 6.07) is 2.77. The van der Waals surface area contributed by atoms with E-state index in [0.717, 1.165) is 0 Å². The number of aromatic hydroxyl groups is 1. The van der Waals surface area contributed by atoms with Gasteiger partial charge < -0.3 is 19.7 Å². The lowest BCUT2D eigenvalue weighted by molar-refractivity contribution is 0.0589. The molecule has 1 aromatic carbocycles. The normalized spacial score (nSPS) is 10.4. The van der Waals surface area contributed by atoms with E-state index in [-0.39, 0.29) is 16.9 Å². The number of nitrogens with one attached hydrogen (secondary N) is 1. The van der Waals surface area contributed by atoms with E-state index in [4.69, 9.17) is 5.11 Å². The van der Waals surface area contributed by atoms with Gasteiger partial charge in [0.05, 0.1) is 12.8 Å². The molecule has 0 aliphatic carbocycles. The first-order valence-corrected chi connectivity index (χ1v) is 6.07. The molecule has 2 rings (SSSR count). The van der Waals surface area contributed by atoms with Crippen LogP contribution in [0.25, 0.3) is 0 Å². The zero-order valence-electron chi connectivity index (χ0n) is 11.7. The van der Waals surface area contributed by atoms with Gasteiger partial charge in [-0.3, -0.25) is 4.79 Å². The fourth-order valence-corrected chi connectivity index (χ4v) is 1.84. The summed E-state index contributed by atoms with van der Waals surface area (Å²) in [6.45, 7) is 0. The average Bonchev–Trinajstić information content (AvgIpc) is 2.83. The van der Waals surface area contributed by atoms with Crippen molar-refractivity contribution in [3.8, 4) is 5.75 Å². The molecule has 1 heterocycles. The number of rotatable bonds is 3. The SMILES string of the molecule is COC(=O)c1cc(NC(=O)c2cc(F)c(O)c(F)c2)cn1C. The first kappa shape index (κ1) is 15.5. The molecule has 116 valence electrons. The van der Waals surface area contributed by atoms with Crippen molar-refractivity contribution in [1.29, 1.82) is 0 Å². The monoisotopic (exact) mass is 310 g/mol. The number of amides is 1. The summed E-state index contributed by atoms with van der Waals surface area (Å²) in [7, 11) is 2.79. The van der Waals surface area contributed by atoms with Crippen LogP contribution >= 0.6 is 0 Å². The van der Waals surface area contributed by atoms with Crippen LogP contribution in [0.1, 0.15) is 20.8 Å². The Kier molecular flexibility index (Phi) is 4.11. The molecule has 0 fully saturated rings. The molecule has 0 saturated heterocycles. The number of methoxy groups -OCH3 is 1. The number of carbonyl (C=O) groups excluding carboxylic acids is 2. The summed E-state index contributed by atoms with van der Waals surface area (Å²) in [5, 5.41) is 11.4. The number of hydrogen-bond donors (Lipinski definition) is 2. The van der Waals surface area contributed by atoms with Crippen LogP contribution in [-0.4, -0.2) is 28.7 Å². The Bertz CT molecular complexity index is 732. The highest BCUT2D eigenvalue weighted by molar-refractivity contribution is 6.05. The Balaban J connectivity index is 2.24. The highest BCUT2D eigenvalue weighted by atomic mass is 19.1. The summed E-state index contributed by atoms with van der Waals surface area (Å²) in [4.78, 5) is 23.4. The van der Waals surface area contributed by atoms with Crippen molar-refractivity contribution in [3.63, 3.8) is 0 Å². The van der Waals surface area contributed by atoms with Crippen LogP contribution in [0.4, 0.5) is 14.5 Å². The van der Waals surface area contributed by atoms with Crippen molar-refractivity contribution >= 4 is 17.6 Å². The molecule has 0 aliphatic rings. The summed E-state index contributed by atoms with van der Waals surface area (Å²) >= 11 is 0. The second-order valence-corrected chi connectivity index (χ2v) is 4.46. The zero-order chi connectivity index (χ0) is 16.4. The van der Waals surface area contributed by atoms with E-state index < -0.39 is 29.3 Å². The Labute approximate surface area is 123 Å². The third kappa shape index (κ3) is 2.90. The van der Waals surface area contributed by atoms with E-state index in [0.29, 0.717) is 12.1 Å². The number of esters is 1. The van der Waals surface area contributed by atoms with Gasteiger partial charge in [-0.2, -0.15) is 0 Å². The second kappa shape index (κ2) is 5.84. The van der Waals surface area contributed by atoms with Gasteiger partial charge in [0.25, 0.3) is 5.91 Å². The average molecular weight is 310 g/mol. The van der Waals surface area contributed by atoms with E-state index in [9.17, 15) is 18.4 Å². The third-order valence-corrected chi connectivity index (χ3v) is 2.94. The molecule has 22 heavy (non-hydrogen) atoms. The topological polar surface area (TPSA) is 80.6 Å². The van der Waals surface area contributed by atoms with Gasteiger partial charge in [0.2, 0.25) is 0 Å². The molecule has 0 spiro atoms. The molecule has 1 amide bonds. The van der Waals surface area contributed by atoms with Crippen LogP contribution in [0.3, 0.4) is 0 Å². The van der Waals surface area contributed by atoms with Crippen molar-refractivity contribution in [2.75, 3.05) is 12.4 Å². The maximum atomic E-state index is 13.2. The standard InChI is InChI=1S/C14H12F2N2O4/c1-18-6-8(5-11(18)14(21)22-2)17-13(20)7-3-9(15)12(19)10(16)4-7/h3-6,19H,1-2H3,(H,17,20). The van der Waals surface area contributed by atoms with Gasteiger partial charge in [-0.1, -0.05) is 0 Å². The zero-order valence-corrected chi connectivity index (χ0v) is 11.7. The maximum absolute atomic E-state index is 13.2. The smallest absolute Gasteiger partial charge is 0.354 e. The fourth-order valence-electron chi connectivity index (χ4n) is 1.84. The lowest BCUT2D eigenvalue weighted by atomic mass is 10.2. The van der Waals surface area contributed by atoms with Crippen molar-refractivity contribution in [3.05, 3.63) is 47.3 Å². The lowest BCUT2D eigenvalue weighted by Gasteiger charge is -2.04. The van der Waals surface area contributed by atoms with Crippen LogP contribution in [0.15, 0.2) is 24.4 Å². The minimum atomic E-state index is -1.24. The maximum Gasteiger partial charge on any atom is 0.354 e. The van der Waals surface area contributed by atoms with Crippen molar-refractivity contribution in [1.82, 2.24) is 4.57 Å². The molecular weight excluding hydrogens is 298 g/mol. The van der Waals surface area contributed by atoms with Gasteiger partial charge in [-0.25, -0.2) is 13.6 Å². The predicted octanol–water partition coefficient (Wildman–Crippen LogP) is 2.05. The third-order valence-electron chi connectivity index (χ3n) is 2.94. The summed E-state index contributed by atoms with van der Waals surface area (Å²) in [5.74, 6) is -5.02. The van der Waals surface area contributed by atoms with Gasteiger partial charge in [-0.05, 0) is 18.2 Å². The quantitative estimate of drug-likeness (QED) is 0.850. The fraction of sp³-hybridized carbons (Fsp3) is 0.143. The van der Waals surface area contributed by atoms with Crippen LogP contribution in [0.5, 0.6) is 5.75 Å². The molecular formula is C14H12F2N2O4. The molecule has 0 bridgehead atoms. The molecule has 0 unspecified atom stereocenters. The number of aryl methyl sites for hydroxylation is 1. The first-order valence-electron chi connectivity index (χ1n) is 6.07. The molecule has 0 saturated carbocycles. The number of halogens is 2. The minimum Gasteiger partial charge on any atom is -0.503 e. The molecule has 2 aromatic rings. The van der Waals surface area contributed by atoms with E-state index >= 15 is 0 Å². The van der Waals surface area contributed by atoms with Crippen molar-refractivity contribution in [2.24, 2.45) is 7.05 Å². The molecule has 1 aromatic heterocycles. The Morgan fingerprint density at radius 3 is 2.36 bits per heavy atom. The van der Waals surface area contributed by atoms with E-state index in [2.05, 4.69) is 10.1 Å². The predicted molar refractivity (Wildman–Crippen MR) is 72.7 cm³/mol. The van der Waals surface area contributed by atoms with Gasteiger partial charge in [0.15, 0.2) is 17.4 Å². The summed E-state index contributed by atoms with van der Waals surface area (Å²) in [5.41, 5.74) is 0.138. The number of ether oxygens (including phenoxy) is 1. The van der Waals surface area contributed by atoms with Gasteiger partial charge in [0, 0.05) is 18.8 Å². The molecule has 6 nitrogen and oxygen atoms in total. The van der Waals surface area contributed by atoms with E-state index in [1.165, 1.54) is 23.9 Å². The van der Waals surface area contributed by atoms with Gasteiger partial charge >= 0.3 is 5.97 Å². The number of carbonyl (C=O) groups is 2. The number of nitrogens with zero attached hydrogens (tertiary/aromatic N) is 1. The number of anilines is 1. The Morgan fingerprint density at radius 1 is 1.23 bits per heavy atom. The molecule has 0 aliphatic heterocycles. The Morgan fingerprint density at radius 2 is 1.82 bits per heavy atom. The summed E-state index contributed by atoms with van der Waals surface area (Å²) in [6.07, 6.45) is 1.44. The van der Waals surface area contributed by atoms with Crippen LogP contribution in [0, 0.1) is 11.6 Å². The Hall–Kier alpha value is -2.90. The van der Waals surface area contributed by atoms with Crippen LogP contribution in [-0.2, 0) is 11.8 Å². The number of phenols is 1. The van der Waals surface area contributed by atoms with Crippen LogP contribution in [0.2, 0.25) is 0 Å². The number of benzene rings is 1. The largest absolute Gasteiger partial charge is 0.503 e. The van der Waals surface area contributed by atoms with Gasteiger partial charge in [-0.15, -0.1) is 0 Å². The molecule has 0 radical (unpaired) electrons. The first-order chi connectivity index (χ1) is 10.3. The molecule has 0 atom stereocenters. The van der Waals surface area contributed by atoms with Crippen LogP contribution < -0.4 is 5.32 Å². The molecule has 2 N–H and O–H groups in total. The second-order valence-electron chi connectivity index (χ2n) is 4.46. The van der Waals surface area contributed by atoms with Crippen molar-refractivity contribution in [2.45, 2.75) is 0 Å². The van der Waals surface area contributed by atoms with E-state index in [1.807, 2.05) is 0 Å². The lowest BCUT2D eigenvalue weighted by Crippen LogP contribution is -2.12. The van der Waals surface area contributed by atoms with Crippen molar-refractivity contribution < 1.29 is 28.2 Å². The van der Waals surface area contributed by atoms with E-state index in [1.54, 1.807) is 7.05 Å². The summed E-state index contributed by atoms with van der Waals surface area (Å²) < 4.78 is 32.4. The number of phenolic OH excluding ortho intramolecular Hbond substituents is 1. The minimum absolute atomic E-state index is 0.195. The number of aromatic nitrogens is 1. The van der Waals surface area contributed by atoms with Gasteiger partial charge in [0.1, 0.15) is 5.69 Å². The highest BCUT2D eigenvalue weighted by Gasteiger charge is 2.17. The number of hydrogen-bond acceptors (Lipinski definition) is 4. The molecule has 8 heteroatoms.